The van der Waals surface area contributed by atoms with Crippen LogP contribution in [0.15, 0.2) is 120 Å². The van der Waals surface area contributed by atoms with Crippen LogP contribution >= 0.6 is 45.3 Å². The van der Waals surface area contributed by atoms with E-state index in [9.17, 15) is 0 Å². The summed E-state index contributed by atoms with van der Waals surface area (Å²) in [5, 5.41) is 11.5. The van der Waals surface area contributed by atoms with Gasteiger partial charge in [-0.25, -0.2) is 0 Å². The molecule has 0 bridgehead atoms. The van der Waals surface area contributed by atoms with Crippen LogP contribution in [0.4, 0.5) is 32.8 Å². The first-order valence-corrected chi connectivity index (χ1v) is 29.1. The summed E-state index contributed by atoms with van der Waals surface area (Å²) in [5.74, 6) is 0.305. The van der Waals surface area contributed by atoms with E-state index in [1.807, 2.05) is 45.3 Å². The molecule has 10 aromatic rings. The fourth-order valence-corrected chi connectivity index (χ4v) is 16.6. The highest BCUT2D eigenvalue weighted by atomic mass is 32.1. The molecule has 0 fully saturated rings. The lowest BCUT2D eigenvalue weighted by Gasteiger charge is -2.44. The van der Waals surface area contributed by atoms with Gasteiger partial charge in [0, 0.05) is 52.3 Å². The highest BCUT2D eigenvalue weighted by molar-refractivity contribution is 7.28. The Hall–Kier alpha value is -5.70. The van der Waals surface area contributed by atoms with Crippen molar-refractivity contribution in [2.45, 2.75) is 108 Å². The smallest absolute Gasteiger partial charge is 0.255 e. The van der Waals surface area contributed by atoms with Gasteiger partial charge >= 0.3 is 0 Å². The summed E-state index contributed by atoms with van der Waals surface area (Å²) in [6.45, 7) is 30.7. The number of benzene rings is 6. The van der Waals surface area contributed by atoms with Crippen molar-refractivity contribution < 1.29 is 0 Å². The van der Waals surface area contributed by atoms with Gasteiger partial charge in [-0.05, 0) is 201 Å². The third-order valence-corrected chi connectivity index (χ3v) is 19.5. The molecule has 2 aliphatic heterocycles. The van der Waals surface area contributed by atoms with E-state index in [-0.39, 0.29) is 17.5 Å². The van der Waals surface area contributed by atoms with E-state index in [1.165, 1.54) is 145 Å². The average molecular weight is 1010 g/mol. The van der Waals surface area contributed by atoms with E-state index >= 15 is 0 Å². The van der Waals surface area contributed by atoms with Crippen LogP contribution in [0.2, 0.25) is 0 Å². The summed E-state index contributed by atoms with van der Waals surface area (Å²) in [7, 11) is 0. The number of aryl methyl sites for hydroxylation is 4. The zero-order chi connectivity index (χ0) is 50.3. The molecule has 4 aromatic heterocycles. The van der Waals surface area contributed by atoms with Gasteiger partial charge < -0.3 is 9.80 Å². The zero-order valence-electron chi connectivity index (χ0n) is 44.0. The van der Waals surface area contributed by atoms with Crippen molar-refractivity contribution in [3.63, 3.8) is 0 Å². The zero-order valence-corrected chi connectivity index (χ0v) is 47.3. The molecule has 12 rings (SSSR count). The van der Waals surface area contributed by atoms with Gasteiger partial charge in [0.1, 0.15) is 0 Å². The second kappa shape index (κ2) is 17.2. The maximum absolute atomic E-state index is 2.74. The van der Waals surface area contributed by atoms with Gasteiger partial charge in [-0.1, -0.05) is 110 Å². The Kier molecular flexibility index (Phi) is 11.3. The number of thiophene rings is 4. The van der Waals surface area contributed by atoms with Gasteiger partial charge in [0.15, 0.2) is 0 Å². The largest absolute Gasteiger partial charge is 0.302 e. The second-order valence-corrected chi connectivity index (χ2v) is 27.0. The number of hydrogen-bond donors (Lipinski definition) is 0. The van der Waals surface area contributed by atoms with Crippen LogP contribution in [0, 0.1) is 33.1 Å². The van der Waals surface area contributed by atoms with Gasteiger partial charge in [-0.3, -0.25) is 0 Å². The summed E-state index contributed by atoms with van der Waals surface area (Å²) >= 11 is 7.68. The lowest BCUT2D eigenvalue weighted by Crippen LogP contribution is -2.61. The molecule has 6 aromatic carbocycles. The maximum atomic E-state index is 2.74. The molecule has 0 spiro atoms. The average Bonchev–Trinajstić information content (AvgIpc) is 4.12. The quantitative estimate of drug-likeness (QED) is 0.147. The summed E-state index contributed by atoms with van der Waals surface area (Å²) < 4.78 is 4.01. The van der Waals surface area contributed by atoms with Crippen molar-refractivity contribution in [3.05, 3.63) is 164 Å². The molecule has 72 heavy (non-hydrogen) atoms. The Morgan fingerprint density at radius 2 is 1.08 bits per heavy atom. The lowest BCUT2D eigenvalue weighted by atomic mass is 9.33. The first kappa shape index (κ1) is 47.3. The molecule has 0 atom stereocenters. The van der Waals surface area contributed by atoms with Crippen LogP contribution in [0.5, 0.6) is 0 Å². The molecule has 0 radical (unpaired) electrons. The van der Waals surface area contributed by atoms with Crippen molar-refractivity contribution in [3.8, 4) is 22.3 Å². The van der Waals surface area contributed by atoms with Crippen LogP contribution in [-0.2, 0) is 11.8 Å². The number of nitrogens with zero attached hydrogens (tertiary/aromatic N) is 2. The number of rotatable bonds is 7. The number of anilines is 6. The predicted molar refractivity (Wildman–Crippen MR) is 325 cm³/mol. The summed E-state index contributed by atoms with van der Waals surface area (Å²) in [6, 6.07) is 40.1. The van der Waals surface area contributed by atoms with E-state index < -0.39 is 0 Å². The van der Waals surface area contributed by atoms with E-state index in [2.05, 4.69) is 226 Å². The number of fused-ring (bicyclic) bond motifs is 8. The molecule has 0 saturated carbocycles. The standard InChI is InChI=1S/C65H63BN2S4/c1-14-19-55-48(33-64(8,9)10)58-63(71-55)68(61-39(6)28-43(29-40(61)7)50-35-70-54-23-18-16-21-46(50)54)52-31-41(36(2)3)30-51-59(52)66(58)57-47-32-44(65(11,12)13)24-25-56(47)72-62(57)67(51)60-37(4)26-42(27-38(60)5)49-34-69-53-22-17-15-20-45(49)53/h14-32,34-36H,33H2,1-13H3/b19-14-. The van der Waals surface area contributed by atoms with Crippen LogP contribution in [0.3, 0.4) is 0 Å². The van der Waals surface area contributed by atoms with E-state index in [0.717, 1.165) is 6.42 Å². The molecule has 2 aliphatic rings. The monoisotopic (exact) mass is 1010 g/mol. The van der Waals surface area contributed by atoms with E-state index in [1.54, 1.807) is 0 Å². The van der Waals surface area contributed by atoms with E-state index in [4.69, 9.17) is 0 Å². The molecular weight excluding hydrogens is 948 g/mol. The SMILES string of the molecule is C/C=C\c1sc2c(c1CC(C)(C)C)B1c3c(cc(C(C)C)cc3N(c3c(C)cc(-c4csc5ccccc45)cc3C)c3sc4ccc(C(C)(C)C)cc4c31)N2c1c(C)cc(-c2csc3ccccc23)cc1C. The lowest BCUT2D eigenvalue weighted by molar-refractivity contribution is 0.412. The molecule has 2 nitrogen and oxygen atoms in total. The summed E-state index contributed by atoms with van der Waals surface area (Å²) in [5.41, 5.74) is 24.2. The van der Waals surface area contributed by atoms with Crippen molar-refractivity contribution >= 4 is 138 Å². The fourth-order valence-electron chi connectivity index (χ4n) is 12.0. The minimum absolute atomic E-state index is 0.00858. The van der Waals surface area contributed by atoms with Crippen LogP contribution in [0.1, 0.15) is 112 Å². The van der Waals surface area contributed by atoms with Gasteiger partial charge in [-0.2, -0.15) is 0 Å². The highest BCUT2D eigenvalue weighted by Crippen LogP contribution is 2.54. The highest BCUT2D eigenvalue weighted by Gasteiger charge is 2.49. The molecule has 0 N–H and O–H groups in total. The van der Waals surface area contributed by atoms with Gasteiger partial charge in [0.2, 0.25) is 0 Å². The normalized spacial score (nSPS) is 13.7. The minimum atomic E-state index is -0.00858. The van der Waals surface area contributed by atoms with Crippen molar-refractivity contribution in [1.82, 2.24) is 0 Å². The van der Waals surface area contributed by atoms with Crippen molar-refractivity contribution in [2.24, 2.45) is 5.41 Å². The molecular formula is C65H63BN2S4. The molecule has 0 unspecified atom stereocenters. The molecule has 0 saturated heterocycles. The van der Waals surface area contributed by atoms with Crippen molar-refractivity contribution in [1.29, 1.82) is 0 Å². The van der Waals surface area contributed by atoms with Gasteiger partial charge in [0.05, 0.1) is 21.4 Å². The van der Waals surface area contributed by atoms with Gasteiger partial charge in [0.25, 0.3) is 6.71 Å². The predicted octanol–water partition coefficient (Wildman–Crippen LogP) is 19.1. The third-order valence-electron chi connectivity index (χ3n) is 15.3. The summed E-state index contributed by atoms with van der Waals surface area (Å²) in [4.78, 5) is 6.84. The fraction of sp³-hybridized carbons (Fsp3) is 0.262. The maximum Gasteiger partial charge on any atom is 0.255 e. The number of allylic oxidation sites excluding steroid dienone is 1. The second-order valence-electron chi connectivity index (χ2n) is 23.1. The van der Waals surface area contributed by atoms with Crippen LogP contribution in [-0.4, -0.2) is 6.71 Å². The molecule has 0 aliphatic carbocycles. The van der Waals surface area contributed by atoms with E-state index in [0.29, 0.717) is 5.92 Å². The Morgan fingerprint density at radius 1 is 0.569 bits per heavy atom. The molecule has 6 heterocycles. The topological polar surface area (TPSA) is 6.48 Å². The first-order valence-electron chi connectivity index (χ1n) is 25.7. The Morgan fingerprint density at radius 3 is 1.57 bits per heavy atom. The number of hydrogen-bond acceptors (Lipinski definition) is 6. The molecule has 360 valence electrons. The van der Waals surface area contributed by atoms with Crippen molar-refractivity contribution in [2.75, 3.05) is 9.80 Å². The van der Waals surface area contributed by atoms with Crippen LogP contribution < -0.4 is 26.2 Å². The Labute approximate surface area is 443 Å². The Balaban J connectivity index is 1.20. The minimum Gasteiger partial charge on any atom is -0.302 e. The van der Waals surface area contributed by atoms with Crippen LogP contribution in [0.25, 0.3) is 58.6 Å². The van der Waals surface area contributed by atoms with Gasteiger partial charge in [-0.15, -0.1) is 45.3 Å². The Bertz CT molecular complexity index is 3830. The summed E-state index contributed by atoms with van der Waals surface area (Å²) in [6.07, 6.45) is 5.64. The third kappa shape index (κ3) is 7.50. The molecule has 0 amide bonds. The molecule has 7 heteroatoms. The first-order chi connectivity index (χ1) is 34.4.